The highest BCUT2D eigenvalue weighted by Gasteiger charge is 2.17. The molecule has 0 aliphatic heterocycles. The summed E-state index contributed by atoms with van der Waals surface area (Å²) >= 11 is 0. The first-order valence-electron chi connectivity index (χ1n) is 5.67. The molecule has 0 atom stereocenters. The van der Waals surface area contributed by atoms with E-state index >= 15 is 0 Å². The highest BCUT2D eigenvalue weighted by atomic mass is 14.2. The maximum atomic E-state index is 3.93. The van der Waals surface area contributed by atoms with Gasteiger partial charge in [0.15, 0.2) is 0 Å². The summed E-state index contributed by atoms with van der Waals surface area (Å²) in [7, 11) is 0. The van der Waals surface area contributed by atoms with Crippen molar-refractivity contribution in [2.75, 3.05) is 0 Å². The zero-order valence-electron chi connectivity index (χ0n) is 9.29. The van der Waals surface area contributed by atoms with E-state index in [0.717, 1.165) is 12.8 Å². The minimum absolute atomic E-state index is 1.14. The molecule has 0 heteroatoms. The van der Waals surface area contributed by atoms with Gasteiger partial charge in [-0.3, -0.25) is 0 Å². The molecule has 0 amide bonds. The molecule has 0 radical (unpaired) electrons. The molecule has 0 bridgehead atoms. The maximum Gasteiger partial charge on any atom is -0.0113 e. The lowest BCUT2D eigenvalue weighted by atomic mass is 9.95. The molecule has 1 aliphatic rings. The molecular formula is C16H14. The van der Waals surface area contributed by atoms with Gasteiger partial charge >= 0.3 is 0 Å². The summed E-state index contributed by atoms with van der Waals surface area (Å²) in [6.45, 7) is 7.82. The standard InChI is InChI=1S/C16H14/c1-3-11-10-13-7-5-6-12-8-9-15(16(12)13)14(11)4-2/h3-7,10H,1-2,8-9H2. The highest BCUT2D eigenvalue weighted by molar-refractivity contribution is 5.96. The minimum Gasteiger partial charge on any atom is -0.0984 e. The molecule has 2 aromatic rings. The Morgan fingerprint density at radius 2 is 1.94 bits per heavy atom. The number of aryl methyl sites for hydroxylation is 2. The molecule has 0 aromatic heterocycles. The van der Waals surface area contributed by atoms with Crippen LogP contribution in [0.5, 0.6) is 0 Å². The molecule has 0 heterocycles. The normalized spacial score (nSPS) is 13.0. The van der Waals surface area contributed by atoms with Crippen molar-refractivity contribution in [3.8, 4) is 0 Å². The molecule has 0 fully saturated rings. The van der Waals surface area contributed by atoms with Crippen LogP contribution in [0.3, 0.4) is 0 Å². The molecule has 2 aromatic carbocycles. The van der Waals surface area contributed by atoms with Crippen LogP contribution >= 0.6 is 0 Å². The Morgan fingerprint density at radius 1 is 1.06 bits per heavy atom. The fourth-order valence-electron chi connectivity index (χ4n) is 2.80. The molecule has 0 saturated heterocycles. The van der Waals surface area contributed by atoms with Gasteiger partial charge in [0, 0.05) is 0 Å². The lowest BCUT2D eigenvalue weighted by Gasteiger charge is -2.09. The van der Waals surface area contributed by atoms with E-state index in [1.807, 2.05) is 12.2 Å². The average Bonchev–Trinajstić information content (AvgIpc) is 2.75. The van der Waals surface area contributed by atoms with Crippen LogP contribution in [0.2, 0.25) is 0 Å². The first-order chi connectivity index (χ1) is 7.85. The van der Waals surface area contributed by atoms with Crippen molar-refractivity contribution < 1.29 is 0 Å². The molecule has 1 aliphatic carbocycles. The van der Waals surface area contributed by atoms with Crippen molar-refractivity contribution in [1.29, 1.82) is 0 Å². The zero-order valence-corrected chi connectivity index (χ0v) is 9.29. The van der Waals surface area contributed by atoms with Gasteiger partial charge in [0.25, 0.3) is 0 Å². The Kier molecular flexibility index (Phi) is 1.97. The van der Waals surface area contributed by atoms with Gasteiger partial charge in [-0.2, -0.15) is 0 Å². The Hall–Kier alpha value is -1.82. The van der Waals surface area contributed by atoms with Gasteiger partial charge in [0.05, 0.1) is 0 Å². The van der Waals surface area contributed by atoms with Crippen LogP contribution in [0, 0.1) is 0 Å². The molecule has 0 spiro atoms. The molecule has 0 N–H and O–H groups in total. The van der Waals surface area contributed by atoms with E-state index in [1.165, 1.54) is 33.0 Å². The third kappa shape index (κ3) is 1.10. The van der Waals surface area contributed by atoms with Gasteiger partial charge in [-0.05, 0) is 51.9 Å². The van der Waals surface area contributed by atoms with Crippen LogP contribution in [0.25, 0.3) is 22.9 Å². The Labute approximate surface area is 95.9 Å². The van der Waals surface area contributed by atoms with Crippen molar-refractivity contribution in [1.82, 2.24) is 0 Å². The smallest absolute Gasteiger partial charge is 0.0113 e. The van der Waals surface area contributed by atoms with Crippen molar-refractivity contribution in [2.45, 2.75) is 12.8 Å². The number of hydrogen-bond donors (Lipinski definition) is 0. The first kappa shape index (κ1) is 9.41. The van der Waals surface area contributed by atoms with Crippen LogP contribution < -0.4 is 0 Å². The van der Waals surface area contributed by atoms with E-state index in [1.54, 1.807) is 0 Å². The van der Waals surface area contributed by atoms with Crippen LogP contribution in [0.1, 0.15) is 22.3 Å². The van der Waals surface area contributed by atoms with E-state index in [4.69, 9.17) is 0 Å². The van der Waals surface area contributed by atoms with E-state index in [-0.39, 0.29) is 0 Å². The van der Waals surface area contributed by atoms with Gasteiger partial charge in [0.2, 0.25) is 0 Å². The fraction of sp³-hybridized carbons (Fsp3) is 0.125. The Balaban J connectivity index is 2.52. The Morgan fingerprint density at radius 3 is 2.69 bits per heavy atom. The molecule has 16 heavy (non-hydrogen) atoms. The van der Waals surface area contributed by atoms with Crippen LogP contribution in [0.15, 0.2) is 37.4 Å². The summed E-state index contributed by atoms with van der Waals surface area (Å²) in [6.07, 6.45) is 6.19. The monoisotopic (exact) mass is 206 g/mol. The zero-order chi connectivity index (χ0) is 11.1. The van der Waals surface area contributed by atoms with Gasteiger partial charge in [-0.15, -0.1) is 0 Å². The maximum absolute atomic E-state index is 3.93. The molecule has 3 rings (SSSR count). The van der Waals surface area contributed by atoms with Crippen LogP contribution in [-0.4, -0.2) is 0 Å². The van der Waals surface area contributed by atoms with E-state index in [2.05, 4.69) is 37.4 Å². The summed E-state index contributed by atoms with van der Waals surface area (Å²) < 4.78 is 0. The predicted octanol–water partition coefficient (Wildman–Crippen LogP) is 4.22. The number of rotatable bonds is 2. The topological polar surface area (TPSA) is 0 Å². The lowest BCUT2D eigenvalue weighted by Crippen LogP contribution is -1.89. The molecule has 0 nitrogen and oxygen atoms in total. The number of benzene rings is 2. The largest absolute Gasteiger partial charge is 0.0984 e. The third-order valence-corrected chi connectivity index (χ3v) is 3.50. The van der Waals surface area contributed by atoms with Crippen molar-refractivity contribution >= 4 is 22.9 Å². The molecule has 78 valence electrons. The average molecular weight is 206 g/mol. The SMILES string of the molecule is C=Cc1cc2cccc3c2c(c1C=C)CC3. The van der Waals surface area contributed by atoms with Crippen molar-refractivity contribution in [3.63, 3.8) is 0 Å². The van der Waals surface area contributed by atoms with Gasteiger partial charge in [0.1, 0.15) is 0 Å². The summed E-state index contributed by atoms with van der Waals surface area (Å²) in [6, 6.07) is 8.79. The fourth-order valence-corrected chi connectivity index (χ4v) is 2.80. The van der Waals surface area contributed by atoms with Gasteiger partial charge in [-0.25, -0.2) is 0 Å². The van der Waals surface area contributed by atoms with Crippen LogP contribution in [-0.2, 0) is 12.8 Å². The van der Waals surface area contributed by atoms with Gasteiger partial charge in [-0.1, -0.05) is 43.5 Å². The second-order valence-corrected chi connectivity index (χ2v) is 4.28. The van der Waals surface area contributed by atoms with E-state index < -0.39 is 0 Å². The van der Waals surface area contributed by atoms with Gasteiger partial charge < -0.3 is 0 Å². The summed E-state index contributed by atoms with van der Waals surface area (Å²) in [5, 5.41) is 2.79. The van der Waals surface area contributed by atoms with Crippen molar-refractivity contribution in [2.24, 2.45) is 0 Å². The predicted molar refractivity (Wildman–Crippen MR) is 71.5 cm³/mol. The van der Waals surface area contributed by atoms with Crippen molar-refractivity contribution in [3.05, 3.63) is 59.7 Å². The minimum atomic E-state index is 1.14. The first-order valence-corrected chi connectivity index (χ1v) is 5.67. The molecular weight excluding hydrogens is 192 g/mol. The second kappa shape index (κ2) is 3.34. The van der Waals surface area contributed by atoms with Crippen LogP contribution in [0.4, 0.5) is 0 Å². The summed E-state index contributed by atoms with van der Waals surface area (Å²) in [4.78, 5) is 0. The molecule has 0 saturated carbocycles. The molecule has 0 unspecified atom stereocenters. The summed E-state index contributed by atoms with van der Waals surface area (Å²) in [5.74, 6) is 0. The number of hydrogen-bond acceptors (Lipinski definition) is 0. The third-order valence-electron chi connectivity index (χ3n) is 3.50. The quantitative estimate of drug-likeness (QED) is 0.690. The second-order valence-electron chi connectivity index (χ2n) is 4.28. The summed E-state index contributed by atoms with van der Waals surface area (Å²) in [5.41, 5.74) is 5.41. The van der Waals surface area contributed by atoms with E-state index in [0.29, 0.717) is 0 Å². The lowest BCUT2D eigenvalue weighted by molar-refractivity contribution is 1.02. The highest BCUT2D eigenvalue weighted by Crippen LogP contribution is 2.35. The van der Waals surface area contributed by atoms with E-state index in [9.17, 15) is 0 Å². The Bertz CT molecular complexity index is 603.